The maximum atomic E-state index is 12.3. The van der Waals surface area contributed by atoms with Crippen LogP contribution in [0.1, 0.15) is 17.8 Å². The molecular weight excluding hydrogens is 274 g/mol. The van der Waals surface area contributed by atoms with Crippen LogP contribution in [-0.4, -0.2) is 48.6 Å². The number of alkyl halides is 2. The van der Waals surface area contributed by atoms with E-state index in [1.165, 1.54) is 16.2 Å². The number of hydrogen-bond donors (Lipinski definition) is 2. The van der Waals surface area contributed by atoms with Crippen molar-refractivity contribution < 1.29 is 18.7 Å². The molecule has 2 N–H and O–H groups in total. The smallest absolute Gasteiger partial charge is 0.251 e. The molecule has 1 aromatic heterocycles. The average Bonchev–Trinajstić information content (AvgIpc) is 2.81. The van der Waals surface area contributed by atoms with E-state index in [4.69, 9.17) is 5.11 Å². The Morgan fingerprint density at radius 3 is 2.84 bits per heavy atom. The molecule has 4 nitrogen and oxygen atoms in total. The number of thiophene rings is 1. The van der Waals surface area contributed by atoms with E-state index in [-0.39, 0.29) is 31.6 Å². The molecule has 108 valence electrons. The van der Waals surface area contributed by atoms with Gasteiger partial charge in [0.15, 0.2) is 0 Å². The number of nitrogens with one attached hydrogen (secondary N) is 1. The number of carbonyl (C=O) groups is 1. The first-order valence-electron chi connectivity index (χ1n) is 5.97. The highest BCUT2D eigenvalue weighted by molar-refractivity contribution is 7.10. The lowest BCUT2D eigenvalue weighted by atomic mass is 10.2. The zero-order chi connectivity index (χ0) is 14.3. The molecule has 0 fully saturated rings. The molecule has 1 atom stereocenters. The van der Waals surface area contributed by atoms with Crippen molar-refractivity contribution in [2.75, 3.05) is 26.2 Å². The van der Waals surface area contributed by atoms with Crippen LogP contribution in [0, 0.1) is 0 Å². The van der Waals surface area contributed by atoms with Crippen LogP contribution in [-0.2, 0) is 4.79 Å². The zero-order valence-electron chi connectivity index (χ0n) is 10.7. The summed E-state index contributed by atoms with van der Waals surface area (Å²) in [5.74, 6) is -0.324. The van der Waals surface area contributed by atoms with E-state index in [1.807, 2.05) is 24.4 Å². The highest BCUT2D eigenvalue weighted by Gasteiger charge is 2.17. The second-order valence-corrected chi connectivity index (χ2v) is 5.13. The number of aliphatic hydroxyl groups is 1. The Labute approximate surface area is 115 Å². The van der Waals surface area contributed by atoms with E-state index in [1.54, 1.807) is 0 Å². The maximum absolute atomic E-state index is 12.3. The van der Waals surface area contributed by atoms with Crippen molar-refractivity contribution in [2.45, 2.75) is 19.4 Å². The van der Waals surface area contributed by atoms with E-state index in [9.17, 15) is 13.6 Å². The molecule has 0 radical (unpaired) electrons. The molecule has 7 heteroatoms. The van der Waals surface area contributed by atoms with Gasteiger partial charge in [-0.15, -0.1) is 11.3 Å². The van der Waals surface area contributed by atoms with Gasteiger partial charge >= 0.3 is 0 Å². The Bertz CT molecular complexity index is 374. The summed E-state index contributed by atoms with van der Waals surface area (Å²) in [6.07, 6.45) is -2.52. The molecule has 1 heterocycles. The number of carbonyl (C=O) groups excluding carboxylic acids is 1. The van der Waals surface area contributed by atoms with Gasteiger partial charge in [-0.05, 0) is 18.4 Å². The number of aliphatic hydroxyl groups excluding tert-OH is 1. The third-order valence-electron chi connectivity index (χ3n) is 2.53. The fraction of sp³-hybridized carbons (Fsp3) is 0.583. The Balaban J connectivity index is 2.43. The fourth-order valence-corrected chi connectivity index (χ4v) is 2.40. The minimum absolute atomic E-state index is 0.0607. The van der Waals surface area contributed by atoms with Crippen molar-refractivity contribution in [3.8, 4) is 0 Å². The molecule has 0 spiro atoms. The van der Waals surface area contributed by atoms with Gasteiger partial charge in [0, 0.05) is 11.4 Å². The van der Waals surface area contributed by atoms with E-state index in [2.05, 4.69) is 5.32 Å². The monoisotopic (exact) mass is 292 g/mol. The van der Waals surface area contributed by atoms with Gasteiger partial charge in [-0.25, -0.2) is 8.78 Å². The second-order valence-electron chi connectivity index (χ2n) is 4.15. The first kappa shape index (κ1) is 16.0. The molecule has 0 bridgehead atoms. The number of hydrogen-bond acceptors (Lipinski definition) is 4. The topological polar surface area (TPSA) is 52.6 Å². The predicted molar refractivity (Wildman–Crippen MR) is 70.4 cm³/mol. The van der Waals surface area contributed by atoms with E-state index >= 15 is 0 Å². The largest absolute Gasteiger partial charge is 0.395 e. The summed E-state index contributed by atoms with van der Waals surface area (Å²) in [7, 11) is 0. The van der Waals surface area contributed by atoms with Gasteiger partial charge in [-0.2, -0.15) is 0 Å². The van der Waals surface area contributed by atoms with Gasteiger partial charge < -0.3 is 10.4 Å². The van der Waals surface area contributed by atoms with Crippen LogP contribution < -0.4 is 5.32 Å². The van der Waals surface area contributed by atoms with Gasteiger partial charge in [0.1, 0.15) is 0 Å². The molecule has 1 unspecified atom stereocenters. The summed E-state index contributed by atoms with van der Waals surface area (Å²) in [5, 5.41) is 13.4. The summed E-state index contributed by atoms with van der Waals surface area (Å²) in [6.45, 7) is 1.00. The third kappa shape index (κ3) is 6.09. The molecule has 0 saturated heterocycles. The highest BCUT2D eigenvalue weighted by atomic mass is 32.1. The molecule has 0 aromatic carbocycles. The summed E-state index contributed by atoms with van der Waals surface area (Å²) < 4.78 is 24.6. The van der Waals surface area contributed by atoms with Gasteiger partial charge in [0.25, 0.3) is 6.43 Å². The van der Waals surface area contributed by atoms with Crippen LogP contribution in [0.3, 0.4) is 0 Å². The average molecular weight is 292 g/mol. The summed E-state index contributed by atoms with van der Waals surface area (Å²) >= 11 is 1.52. The lowest BCUT2D eigenvalue weighted by Gasteiger charge is -2.21. The second kappa shape index (κ2) is 8.19. The maximum Gasteiger partial charge on any atom is 0.251 e. The lowest BCUT2D eigenvalue weighted by molar-refractivity contribution is -0.123. The van der Waals surface area contributed by atoms with Crippen LogP contribution in [0.4, 0.5) is 8.78 Å². The SMILES string of the molecule is CC(NC(=O)CN(CCO)CC(F)F)c1cccs1. The van der Waals surface area contributed by atoms with Gasteiger partial charge in [-0.3, -0.25) is 9.69 Å². The lowest BCUT2D eigenvalue weighted by Crippen LogP contribution is -2.41. The number of amides is 1. The zero-order valence-corrected chi connectivity index (χ0v) is 11.5. The third-order valence-corrected chi connectivity index (χ3v) is 3.58. The van der Waals surface area contributed by atoms with Crippen molar-refractivity contribution in [2.24, 2.45) is 0 Å². The standard InChI is InChI=1S/C12H18F2N2O2S/c1-9(10-3-2-6-19-10)15-12(18)8-16(4-5-17)7-11(13)14/h2-3,6,9,11,17H,4-5,7-8H2,1H3,(H,15,18). The number of rotatable bonds is 8. The van der Waals surface area contributed by atoms with Crippen molar-refractivity contribution in [1.29, 1.82) is 0 Å². The van der Waals surface area contributed by atoms with Crippen LogP contribution in [0.2, 0.25) is 0 Å². The Morgan fingerprint density at radius 2 is 2.32 bits per heavy atom. The van der Waals surface area contributed by atoms with Crippen molar-refractivity contribution in [3.05, 3.63) is 22.4 Å². The van der Waals surface area contributed by atoms with Crippen LogP contribution in [0.5, 0.6) is 0 Å². The summed E-state index contributed by atoms with van der Waals surface area (Å²) in [5.41, 5.74) is 0. The molecule has 0 saturated carbocycles. The Hall–Kier alpha value is -1.05. The first-order valence-corrected chi connectivity index (χ1v) is 6.85. The highest BCUT2D eigenvalue weighted by Crippen LogP contribution is 2.17. The quantitative estimate of drug-likeness (QED) is 0.763. The van der Waals surface area contributed by atoms with E-state index in [0.717, 1.165) is 4.88 Å². The first-order chi connectivity index (χ1) is 9.02. The molecule has 1 amide bonds. The summed E-state index contributed by atoms with van der Waals surface area (Å²) in [4.78, 5) is 14.0. The van der Waals surface area contributed by atoms with E-state index < -0.39 is 13.0 Å². The van der Waals surface area contributed by atoms with Gasteiger partial charge in [0.2, 0.25) is 5.91 Å². The van der Waals surface area contributed by atoms with Crippen molar-refractivity contribution in [1.82, 2.24) is 10.2 Å². The van der Waals surface area contributed by atoms with Crippen molar-refractivity contribution in [3.63, 3.8) is 0 Å². The molecule has 19 heavy (non-hydrogen) atoms. The number of halogens is 2. The van der Waals surface area contributed by atoms with Crippen molar-refractivity contribution >= 4 is 17.2 Å². The van der Waals surface area contributed by atoms with Gasteiger partial charge in [-0.1, -0.05) is 6.07 Å². The van der Waals surface area contributed by atoms with E-state index in [0.29, 0.717) is 0 Å². The molecule has 1 aromatic rings. The fourth-order valence-electron chi connectivity index (χ4n) is 1.67. The van der Waals surface area contributed by atoms with Gasteiger partial charge in [0.05, 0.1) is 25.7 Å². The van der Waals surface area contributed by atoms with Crippen LogP contribution in [0.15, 0.2) is 17.5 Å². The minimum atomic E-state index is -2.52. The summed E-state index contributed by atoms with van der Waals surface area (Å²) in [6, 6.07) is 3.65. The molecule has 1 rings (SSSR count). The molecule has 0 aliphatic carbocycles. The molecular formula is C12H18F2N2O2S. The van der Waals surface area contributed by atoms with Crippen LogP contribution >= 0.6 is 11.3 Å². The number of nitrogens with zero attached hydrogens (tertiary/aromatic N) is 1. The Kier molecular flexibility index (Phi) is 6.90. The molecule has 0 aliphatic rings. The molecule has 0 aliphatic heterocycles. The minimum Gasteiger partial charge on any atom is -0.395 e. The predicted octanol–water partition coefficient (Wildman–Crippen LogP) is 1.48. The normalized spacial score (nSPS) is 12.9. The van der Waals surface area contributed by atoms with Crippen LogP contribution in [0.25, 0.3) is 0 Å². The Morgan fingerprint density at radius 1 is 1.58 bits per heavy atom.